The maximum Gasteiger partial charge on any atom is 4.00 e. The van der Waals surface area contributed by atoms with Crippen molar-refractivity contribution in [1.82, 2.24) is 0 Å². The van der Waals surface area contributed by atoms with Gasteiger partial charge in [-0.2, -0.15) is 18.2 Å². The average Bonchev–Trinajstić information content (AvgIpc) is 2.90. The van der Waals surface area contributed by atoms with Gasteiger partial charge in [0.15, 0.2) is 0 Å². The smallest absolute Gasteiger partial charge is 1.00 e. The van der Waals surface area contributed by atoms with E-state index < -0.39 is 0 Å². The number of fused-ring (bicyclic) bond motifs is 1. The Morgan fingerprint density at radius 3 is 2.30 bits per heavy atom. The first-order valence-corrected chi connectivity index (χ1v) is 6.03. The fourth-order valence-electron chi connectivity index (χ4n) is 2.00. The molecule has 0 radical (unpaired) electrons. The molecule has 0 bridgehead atoms. The van der Waals surface area contributed by atoms with E-state index in [9.17, 15) is 0 Å². The van der Waals surface area contributed by atoms with Crippen molar-refractivity contribution in [3.63, 3.8) is 0 Å². The summed E-state index contributed by atoms with van der Waals surface area (Å²) in [6.07, 6.45) is 8.33. The zero-order valence-electron chi connectivity index (χ0n) is 12.0. The third kappa shape index (κ3) is 6.04. The maximum atomic E-state index is 3.12. The summed E-state index contributed by atoms with van der Waals surface area (Å²) in [6, 6.07) is 10.9. The first-order valence-electron chi connectivity index (χ1n) is 6.03. The minimum absolute atomic E-state index is 0. The van der Waals surface area contributed by atoms with Gasteiger partial charge in [0.25, 0.3) is 0 Å². The second-order valence-corrected chi connectivity index (χ2v) is 4.57. The fourth-order valence-corrected chi connectivity index (χ4v) is 2.00. The van der Waals surface area contributed by atoms with Gasteiger partial charge in [0.05, 0.1) is 0 Å². The molecule has 0 aromatic heterocycles. The standard InChI is InChI=1S/C11H11.C6H7.2ClH.Zr/c1-8-3-6-11-9(2)4-5-10(11)7-8;1-6-4-2-3-5-6;;;/h3-7H,1-2H3;2,4H,3H2,1H3;2*1H;/q2*-1;;;+4/p-2. The summed E-state index contributed by atoms with van der Waals surface area (Å²) >= 11 is 0. The van der Waals surface area contributed by atoms with Crippen LogP contribution in [0.3, 0.4) is 0 Å². The minimum atomic E-state index is 0. The van der Waals surface area contributed by atoms with Crippen LogP contribution in [0.15, 0.2) is 48.1 Å². The Hall–Kier alpha value is -0.227. The van der Waals surface area contributed by atoms with Crippen molar-refractivity contribution < 1.29 is 51.0 Å². The Morgan fingerprint density at radius 1 is 1.10 bits per heavy atom. The van der Waals surface area contributed by atoms with Crippen LogP contribution in [-0.4, -0.2) is 0 Å². The predicted octanol–water partition coefficient (Wildman–Crippen LogP) is -1.12. The van der Waals surface area contributed by atoms with Crippen molar-refractivity contribution in [3.05, 3.63) is 65.3 Å². The molecule has 0 saturated heterocycles. The summed E-state index contributed by atoms with van der Waals surface area (Å²) in [4.78, 5) is 0. The van der Waals surface area contributed by atoms with Gasteiger partial charge in [0, 0.05) is 0 Å². The number of hydrogen-bond acceptors (Lipinski definition) is 0. The van der Waals surface area contributed by atoms with Gasteiger partial charge in [-0.1, -0.05) is 19.4 Å². The molecule has 0 amide bonds. The number of rotatable bonds is 0. The van der Waals surface area contributed by atoms with Gasteiger partial charge >= 0.3 is 26.2 Å². The molecule has 0 nitrogen and oxygen atoms in total. The third-order valence-corrected chi connectivity index (χ3v) is 3.01. The van der Waals surface area contributed by atoms with Crippen LogP contribution in [0, 0.1) is 19.9 Å². The van der Waals surface area contributed by atoms with Crippen LogP contribution in [0.1, 0.15) is 24.5 Å². The Kier molecular flexibility index (Phi) is 11.6. The van der Waals surface area contributed by atoms with Gasteiger partial charge in [-0.15, -0.1) is 41.0 Å². The number of hydrogen-bond donors (Lipinski definition) is 0. The molecule has 0 unspecified atom stereocenters. The van der Waals surface area contributed by atoms with Crippen molar-refractivity contribution in [2.24, 2.45) is 0 Å². The maximum absolute atomic E-state index is 3.12. The van der Waals surface area contributed by atoms with Gasteiger partial charge < -0.3 is 24.8 Å². The number of allylic oxidation sites excluding steroid dienone is 4. The van der Waals surface area contributed by atoms with Crippen LogP contribution in [0.2, 0.25) is 0 Å². The average molecular weight is 384 g/mol. The molecule has 0 N–H and O–H groups in total. The largest absolute Gasteiger partial charge is 4.00 e. The summed E-state index contributed by atoms with van der Waals surface area (Å²) in [5, 5.41) is 2.75. The molecule has 2 aromatic rings. The summed E-state index contributed by atoms with van der Waals surface area (Å²) in [5.74, 6) is 0. The van der Waals surface area contributed by atoms with Crippen LogP contribution in [0.5, 0.6) is 0 Å². The van der Waals surface area contributed by atoms with Crippen molar-refractivity contribution in [1.29, 1.82) is 0 Å². The molecule has 0 spiro atoms. The normalized spacial score (nSPS) is 11.4. The quantitative estimate of drug-likeness (QED) is 0.505. The van der Waals surface area contributed by atoms with Crippen LogP contribution < -0.4 is 24.8 Å². The van der Waals surface area contributed by atoms with Crippen molar-refractivity contribution >= 4 is 10.8 Å². The van der Waals surface area contributed by atoms with Crippen molar-refractivity contribution in [3.8, 4) is 0 Å². The van der Waals surface area contributed by atoms with Gasteiger partial charge in [0.1, 0.15) is 0 Å². The summed E-state index contributed by atoms with van der Waals surface area (Å²) < 4.78 is 0. The van der Waals surface area contributed by atoms with Crippen LogP contribution in [-0.2, 0) is 26.2 Å². The number of aryl methyl sites for hydroxylation is 2. The van der Waals surface area contributed by atoms with Gasteiger partial charge in [-0.3, -0.25) is 6.08 Å². The van der Waals surface area contributed by atoms with E-state index >= 15 is 0 Å². The van der Waals surface area contributed by atoms with E-state index in [1.54, 1.807) is 0 Å². The van der Waals surface area contributed by atoms with Gasteiger partial charge in [-0.25, -0.2) is 11.6 Å². The van der Waals surface area contributed by atoms with E-state index in [1.165, 1.54) is 27.5 Å². The second kappa shape index (κ2) is 10.5. The summed E-state index contributed by atoms with van der Waals surface area (Å²) in [5.41, 5.74) is 3.98. The van der Waals surface area contributed by atoms with Crippen molar-refractivity contribution in [2.45, 2.75) is 27.2 Å². The topological polar surface area (TPSA) is 0 Å². The Balaban J connectivity index is 0. The minimum Gasteiger partial charge on any atom is -1.00 e. The Morgan fingerprint density at radius 2 is 1.80 bits per heavy atom. The summed E-state index contributed by atoms with van der Waals surface area (Å²) in [7, 11) is 0. The second-order valence-electron chi connectivity index (χ2n) is 4.57. The molecule has 3 heteroatoms. The SMILES string of the molecule is CC1=[C-]CC=C1.Cc1ccc2c(cc[c-]2C)c1.[Cl-].[Cl-].[Zr+4]. The summed E-state index contributed by atoms with van der Waals surface area (Å²) in [6.45, 7) is 6.34. The Labute approximate surface area is 153 Å². The predicted molar refractivity (Wildman–Crippen MR) is 75.2 cm³/mol. The van der Waals surface area contributed by atoms with Gasteiger partial charge in [-0.05, 0) is 6.92 Å². The molecule has 0 aliphatic heterocycles. The fraction of sp³-hybridized carbons (Fsp3) is 0.235. The molecule has 2 aromatic carbocycles. The number of benzene rings is 1. The van der Waals surface area contributed by atoms with E-state index in [0.29, 0.717) is 0 Å². The van der Waals surface area contributed by atoms with E-state index in [1.807, 2.05) is 0 Å². The third-order valence-electron chi connectivity index (χ3n) is 3.01. The Bertz CT molecular complexity index is 577. The molecule has 0 atom stereocenters. The van der Waals surface area contributed by atoms with Crippen molar-refractivity contribution in [2.75, 3.05) is 0 Å². The van der Waals surface area contributed by atoms with E-state index in [0.717, 1.165) is 6.42 Å². The van der Waals surface area contributed by atoms with Gasteiger partial charge in [0.2, 0.25) is 0 Å². The molecule has 0 heterocycles. The van der Waals surface area contributed by atoms with Crippen LogP contribution in [0.25, 0.3) is 10.8 Å². The van der Waals surface area contributed by atoms with E-state index in [2.05, 4.69) is 69.3 Å². The molecule has 0 fully saturated rings. The molecule has 104 valence electrons. The molecular weight excluding hydrogens is 366 g/mol. The zero-order valence-corrected chi connectivity index (χ0v) is 16.0. The van der Waals surface area contributed by atoms with E-state index in [-0.39, 0.29) is 51.0 Å². The molecule has 1 aliphatic carbocycles. The monoisotopic (exact) mass is 382 g/mol. The molecule has 3 rings (SSSR count). The molecule has 1 aliphatic rings. The van der Waals surface area contributed by atoms with Crippen LogP contribution >= 0.6 is 0 Å². The molecular formula is C17H18Cl2Zr. The zero-order chi connectivity index (χ0) is 12.3. The first kappa shape index (κ1) is 22.1. The van der Waals surface area contributed by atoms with E-state index in [4.69, 9.17) is 0 Å². The molecule has 20 heavy (non-hydrogen) atoms. The first-order chi connectivity index (χ1) is 8.16. The molecule has 0 saturated carbocycles. The number of halogens is 2. The van der Waals surface area contributed by atoms with Crippen LogP contribution in [0.4, 0.5) is 0 Å².